The Hall–Kier alpha value is -2.22. The van der Waals surface area contributed by atoms with E-state index in [1.807, 2.05) is 0 Å². The van der Waals surface area contributed by atoms with Gasteiger partial charge in [0.15, 0.2) is 11.5 Å². The number of methoxy groups -OCH3 is 1. The monoisotopic (exact) mass is 277 g/mol. The van der Waals surface area contributed by atoms with Crippen molar-refractivity contribution in [1.82, 2.24) is 19.5 Å². The molecule has 2 heterocycles. The number of aliphatic hydroxyl groups excluding tert-OH is 1. The van der Waals surface area contributed by atoms with Gasteiger partial charge < -0.3 is 20.1 Å². The summed E-state index contributed by atoms with van der Waals surface area (Å²) in [6.45, 7) is 0. The summed E-state index contributed by atoms with van der Waals surface area (Å²) in [5.74, 6) is -0.313. The smallest absolute Gasteiger partial charge is 0.308 e. The number of carbonyl (C=O) groups is 1. The number of rotatable bonds is 2. The molecule has 0 bridgehead atoms. The van der Waals surface area contributed by atoms with E-state index in [0.29, 0.717) is 29.8 Å². The molecule has 0 radical (unpaired) electrons. The Labute approximate surface area is 114 Å². The second-order valence-corrected chi connectivity index (χ2v) is 4.91. The molecule has 8 heteroatoms. The molecule has 8 nitrogen and oxygen atoms in total. The van der Waals surface area contributed by atoms with Crippen LogP contribution in [-0.2, 0) is 9.53 Å². The number of ether oxygens (including phenoxy) is 1. The summed E-state index contributed by atoms with van der Waals surface area (Å²) >= 11 is 0. The number of nitrogens with zero attached hydrogens (tertiary/aromatic N) is 4. The lowest BCUT2D eigenvalue weighted by atomic mass is 10.1. The van der Waals surface area contributed by atoms with Crippen LogP contribution in [0.3, 0.4) is 0 Å². The molecule has 1 aliphatic rings. The Balaban J connectivity index is 1.96. The Bertz CT molecular complexity index is 656. The summed E-state index contributed by atoms with van der Waals surface area (Å²) in [7, 11) is 1.35. The molecule has 3 atom stereocenters. The number of esters is 1. The molecule has 2 aromatic heterocycles. The highest BCUT2D eigenvalue weighted by Crippen LogP contribution is 2.37. The Morgan fingerprint density at radius 1 is 1.45 bits per heavy atom. The molecule has 3 rings (SSSR count). The van der Waals surface area contributed by atoms with E-state index >= 15 is 0 Å². The predicted molar refractivity (Wildman–Crippen MR) is 69.5 cm³/mol. The standard InChI is InChI=1S/C12H15N5O3/c1-20-12(19)6-2-7(8(18)3-6)17-5-16-9-10(13)14-4-15-11(9)17/h4-8,18H,2-3H2,1H3,(H2,13,14,15)/t6-,7+,8+/m1/s1. The normalized spacial score (nSPS) is 26.0. The van der Waals surface area contributed by atoms with Crippen molar-refractivity contribution in [1.29, 1.82) is 0 Å². The van der Waals surface area contributed by atoms with Gasteiger partial charge in [-0.05, 0) is 12.8 Å². The lowest BCUT2D eigenvalue weighted by molar-refractivity contribution is -0.145. The Kier molecular flexibility index (Phi) is 3.01. The minimum Gasteiger partial charge on any atom is -0.469 e. The van der Waals surface area contributed by atoms with Crippen molar-refractivity contribution in [3.63, 3.8) is 0 Å². The largest absolute Gasteiger partial charge is 0.469 e. The molecule has 0 amide bonds. The summed E-state index contributed by atoms with van der Waals surface area (Å²) in [5.41, 5.74) is 6.80. The molecular formula is C12H15N5O3. The number of imidazole rings is 1. The quantitative estimate of drug-likeness (QED) is 0.736. The summed E-state index contributed by atoms with van der Waals surface area (Å²) in [6, 6.07) is -0.265. The summed E-state index contributed by atoms with van der Waals surface area (Å²) in [5, 5.41) is 10.2. The number of anilines is 1. The maximum Gasteiger partial charge on any atom is 0.308 e. The number of fused-ring (bicyclic) bond motifs is 1. The third-order valence-corrected chi connectivity index (χ3v) is 3.78. The van der Waals surface area contributed by atoms with Crippen molar-refractivity contribution >= 4 is 23.0 Å². The highest BCUT2D eigenvalue weighted by molar-refractivity contribution is 5.81. The second-order valence-electron chi connectivity index (χ2n) is 4.91. The van der Waals surface area contributed by atoms with E-state index in [1.165, 1.54) is 13.4 Å². The molecule has 0 aromatic carbocycles. The molecule has 20 heavy (non-hydrogen) atoms. The van der Waals surface area contributed by atoms with E-state index in [0.717, 1.165) is 0 Å². The predicted octanol–water partition coefficient (Wildman–Crippen LogP) is -0.107. The molecule has 1 saturated carbocycles. The number of hydrogen-bond donors (Lipinski definition) is 2. The van der Waals surface area contributed by atoms with Crippen LogP contribution in [0, 0.1) is 5.92 Å². The van der Waals surface area contributed by atoms with Crippen LogP contribution in [0.1, 0.15) is 18.9 Å². The van der Waals surface area contributed by atoms with Gasteiger partial charge >= 0.3 is 5.97 Å². The SMILES string of the molecule is COC(=O)[C@H]1C[C@H](O)[C@@H](n2cnc3c(N)ncnc32)C1. The van der Waals surface area contributed by atoms with Crippen LogP contribution >= 0.6 is 0 Å². The van der Waals surface area contributed by atoms with Crippen molar-refractivity contribution in [2.75, 3.05) is 12.8 Å². The van der Waals surface area contributed by atoms with Crippen LogP contribution in [0.15, 0.2) is 12.7 Å². The van der Waals surface area contributed by atoms with Crippen LogP contribution in [0.25, 0.3) is 11.2 Å². The summed E-state index contributed by atoms with van der Waals surface area (Å²) in [4.78, 5) is 23.8. The Morgan fingerprint density at radius 2 is 2.25 bits per heavy atom. The number of nitrogen functional groups attached to an aromatic ring is 1. The zero-order chi connectivity index (χ0) is 14.3. The van der Waals surface area contributed by atoms with E-state index in [1.54, 1.807) is 10.9 Å². The first kappa shape index (κ1) is 12.8. The van der Waals surface area contributed by atoms with E-state index in [9.17, 15) is 9.90 Å². The van der Waals surface area contributed by atoms with Gasteiger partial charge in [-0.15, -0.1) is 0 Å². The highest BCUT2D eigenvalue weighted by atomic mass is 16.5. The molecular weight excluding hydrogens is 262 g/mol. The van der Waals surface area contributed by atoms with Crippen molar-refractivity contribution in [2.45, 2.75) is 25.0 Å². The molecule has 106 valence electrons. The number of aliphatic hydroxyl groups is 1. The number of aromatic nitrogens is 4. The fourth-order valence-electron chi connectivity index (χ4n) is 2.76. The van der Waals surface area contributed by atoms with Crippen molar-refractivity contribution < 1.29 is 14.6 Å². The minimum atomic E-state index is -0.646. The lowest BCUT2D eigenvalue weighted by Gasteiger charge is -2.16. The zero-order valence-corrected chi connectivity index (χ0v) is 10.9. The van der Waals surface area contributed by atoms with Crippen LogP contribution in [0.5, 0.6) is 0 Å². The van der Waals surface area contributed by atoms with Gasteiger partial charge in [0.2, 0.25) is 0 Å². The van der Waals surface area contributed by atoms with Gasteiger partial charge in [0.1, 0.15) is 11.8 Å². The maximum atomic E-state index is 11.6. The van der Waals surface area contributed by atoms with E-state index < -0.39 is 6.10 Å². The molecule has 1 fully saturated rings. The first-order valence-corrected chi connectivity index (χ1v) is 6.30. The van der Waals surface area contributed by atoms with E-state index in [4.69, 9.17) is 10.5 Å². The molecule has 0 saturated heterocycles. The van der Waals surface area contributed by atoms with Gasteiger partial charge in [0.25, 0.3) is 0 Å². The van der Waals surface area contributed by atoms with Crippen LogP contribution in [0.4, 0.5) is 5.82 Å². The second kappa shape index (κ2) is 4.71. The maximum absolute atomic E-state index is 11.6. The average Bonchev–Trinajstić information content (AvgIpc) is 3.02. The number of carbonyl (C=O) groups excluding carboxylic acids is 1. The van der Waals surface area contributed by atoms with Gasteiger partial charge in [0, 0.05) is 0 Å². The zero-order valence-electron chi connectivity index (χ0n) is 10.9. The average molecular weight is 277 g/mol. The molecule has 0 unspecified atom stereocenters. The van der Waals surface area contributed by atoms with Gasteiger partial charge in [-0.2, -0.15) is 0 Å². The van der Waals surface area contributed by atoms with Gasteiger partial charge in [-0.3, -0.25) is 4.79 Å². The molecule has 3 N–H and O–H groups in total. The lowest BCUT2D eigenvalue weighted by Crippen LogP contribution is -2.17. The molecule has 2 aromatic rings. The first-order valence-electron chi connectivity index (χ1n) is 6.30. The van der Waals surface area contributed by atoms with Gasteiger partial charge in [0.05, 0.1) is 31.5 Å². The topological polar surface area (TPSA) is 116 Å². The van der Waals surface area contributed by atoms with Crippen molar-refractivity contribution in [3.8, 4) is 0 Å². The number of nitrogens with two attached hydrogens (primary N) is 1. The van der Waals surface area contributed by atoms with Crippen LogP contribution in [-0.4, -0.2) is 43.8 Å². The first-order chi connectivity index (χ1) is 9.61. The summed E-state index contributed by atoms with van der Waals surface area (Å²) < 4.78 is 6.49. The minimum absolute atomic E-state index is 0.265. The van der Waals surface area contributed by atoms with Crippen LogP contribution in [0.2, 0.25) is 0 Å². The fourth-order valence-corrected chi connectivity index (χ4v) is 2.76. The van der Waals surface area contributed by atoms with Crippen molar-refractivity contribution in [3.05, 3.63) is 12.7 Å². The van der Waals surface area contributed by atoms with E-state index in [2.05, 4.69) is 15.0 Å². The Morgan fingerprint density at radius 3 is 3.00 bits per heavy atom. The fraction of sp³-hybridized carbons (Fsp3) is 0.500. The number of hydrogen-bond acceptors (Lipinski definition) is 7. The van der Waals surface area contributed by atoms with Gasteiger partial charge in [-0.1, -0.05) is 0 Å². The third-order valence-electron chi connectivity index (χ3n) is 3.78. The molecule has 0 aliphatic heterocycles. The molecule has 1 aliphatic carbocycles. The van der Waals surface area contributed by atoms with Crippen molar-refractivity contribution in [2.24, 2.45) is 5.92 Å². The third kappa shape index (κ3) is 1.88. The molecule has 0 spiro atoms. The highest BCUT2D eigenvalue weighted by Gasteiger charge is 2.39. The van der Waals surface area contributed by atoms with Gasteiger partial charge in [-0.25, -0.2) is 15.0 Å². The van der Waals surface area contributed by atoms with E-state index in [-0.39, 0.29) is 17.9 Å². The van der Waals surface area contributed by atoms with Crippen LogP contribution < -0.4 is 5.73 Å². The summed E-state index contributed by atoms with van der Waals surface area (Å²) in [6.07, 6.45) is 3.15.